The number of ether oxygens (including phenoxy) is 2. The number of benzene rings is 2. The topological polar surface area (TPSA) is 87.7 Å². The van der Waals surface area contributed by atoms with Crippen molar-refractivity contribution in [3.63, 3.8) is 0 Å². The van der Waals surface area contributed by atoms with Crippen molar-refractivity contribution >= 4 is 29.6 Å². The predicted molar refractivity (Wildman–Crippen MR) is 101 cm³/mol. The van der Waals surface area contributed by atoms with Crippen LogP contribution in [0.3, 0.4) is 0 Å². The van der Waals surface area contributed by atoms with Gasteiger partial charge >= 0.3 is 0 Å². The first kappa shape index (κ1) is 20.3. The van der Waals surface area contributed by atoms with E-state index in [0.717, 1.165) is 11.1 Å². The van der Waals surface area contributed by atoms with Crippen molar-refractivity contribution in [2.45, 2.75) is 13.8 Å². The highest BCUT2D eigenvalue weighted by molar-refractivity contribution is 6.32. The molecule has 0 unspecified atom stereocenters. The first-order valence-corrected chi connectivity index (χ1v) is 8.44. The van der Waals surface area contributed by atoms with E-state index in [9.17, 15) is 14.7 Å². The molecule has 1 N–H and O–H groups in total. The number of carbonyl (C=O) groups excluding carboxylic acids is 2. The maximum Gasteiger partial charge on any atom is 0.262 e. The number of methoxy groups -OCH3 is 1. The number of amides is 1. The van der Waals surface area contributed by atoms with Crippen LogP contribution in [0.1, 0.15) is 16.7 Å². The van der Waals surface area contributed by atoms with Crippen molar-refractivity contribution in [1.82, 2.24) is 5.32 Å². The molecule has 0 heterocycles. The van der Waals surface area contributed by atoms with Gasteiger partial charge in [-0.2, -0.15) is 0 Å². The maximum absolute atomic E-state index is 12.1. The van der Waals surface area contributed by atoms with Crippen LogP contribution in [0.25, 0.3) is 6.08 Å². The van der Waals surface area contributed by atoms with Crippen LogP contribution >= 0.6 is 11.6 Å². The van der Waals surface area contributed by atoms with Crippen LogP contribution in [0.4, 0.5) is 0 Å². The van der Waals surface area contributed by atoms with Gasteiger partial charge in [0.1, 0.15) is 11.5 Å². The van der Waals surface area contributed by atoms with Crippen molar-refractivity contribution in [2.24, 2.45) is 0 Å². The Bertz CT molecular complexity index is 869. The minimum Gasteiger partial charge on any atom is -0.543 e. The molecular formula is C20H19ClNO5-. The molecule has 0 atom stereocenters. The van der Waals surface area contributed by atoms with E-state index in [4.69, 9.17) is 21.1 Å². The number of halogens is 1. The molecule has 0 radical (unpaired) electrons. The van der Waals surface area contributed by atoms with Gasteiger partial charge in [-0.3, -0.25) is 4.79 Å². The van der Waals surface area contributed by atoms with Crippen LogP contribution in [0, 0.1) is 13.8 Å². The molecule has 2 rings (SSSR count). The molecule has 0 aliphatic heterocycles. The number of rotatable bonds is 7. The molecule has 0 saturated carbocycles. The second-order valence-electron chi connectivity index (χ2n) is 5.83. The van der Waals surface area contributed by atoms with Crippen molar-refractivity contribution < 1.29 is 24.2 Å². The van der Waals surface area contributed by atoms with Gasteiger partial charge in [-0.25, -0.2) is 0 Å². The molecule has 0 aliphatic rings. The van der Waals surface area contributed by atoms with Gasteiger partial charge in [0.05, 0.1) is 18.8 Å². The van der Waals surface area contributed by atoms with Crippen LogP contribution in [0.5, 0.6) is 11.5 Å². The summed E-state index contributed by atoms with van der Waals surface area (Å²) < 4.78 is 10.5. The first-order chi connectivity index (χ1) is 12.8. The Morgan fingerprint density at radius 3 is 2.41 bits per heavy atom. The molecule has 2 aromatic rings. The Morgan fingerprint density at radius 2 is 1.81 bits per heavy atom. The fourth-order valence-corrected chi connectivity index (χ4v) is 2.48. The number of carboxylic acids is 1. The van der Waals surface area contributed by atoms with E-state index in [0.29, 0.717) is 22.1 Å². The second-order valence-corrected chi connectivity index (χ2v) is 6.21. The highest BCUT2D eigenvalue weighted by Crippen LogP contribution is 2.25. The van der Waals surface area contributed by atoms with E-state index in [1.807, 2.05) is 13.8 Å². The predicted octanol–water partition coefficient (Wildman–Crippen LogP) is 2.25. The average Bonchev–Trinajstić information content (AvgIpc) is 2.63. The first-order valence-electron chi connectivity index (χ1n) is 8.06. The normalized spacial score (nSPS) is 11.0. The molecule has 7 heteroatoms. The van der Waals surface area contributed by atoms with Crippen LogP contribution in [0.15, 0.2) is 42.1 Å². The van der Waals surface area contributed by atoms with Gasteiger partial charge in [0.25, 0.3) is 5.91 Å². The number of nitrogens with one attached hydrogen (secondary N) is 1. The lowest BCUT2D eigenvalue weighted by Gasteiger charge is -2.13. The Labute approximate surface area is 162 Å². The lowest BCUT2D eigenvalue weighted by molar-refractivity contribution is -0.299. The third-order valence-corrected chi connectivity index (χ3v) is 4.27. The zero-order valence-electron chi connectivity index (χ0n) is 15.2. The van der Waals surface area contributed by atoms with Crippen molar-refractivity contribution in [2.75, 3.05) is 13.7 Å². The summed E-state index contributed by atoms with van der Waals surface area (Å²) in [7, 11) is 1.50. The number of carboxylic acid groups (broad SMARTS) is 1. The molecule has 27 heavy (non-hydrogen) atoms. The quantitative estimate of drug-likeness (QED) is 0.735. The average molecular weight is 389 g/mol. The SMILES string of the molecule is COc1cccc(/C=C(/NC(=O)COc2cc(C)c(Cl)c(C)c2)C(=O)[O-])c1. The number of hydrogen-bond acceptors (Lipinski definition) is 5. The van der Waals surface area contributed by atoms with Gasteiger partial charge in [0.15, 0.2) is 6.61 Å². The number of aliphatic carboxylic acids is 1. The van der Waals surface area contributed by atoms with Gasteiger partial charge in [-0.05, 0) is 60.9 Å². The van der Waals surface area contributed by atoms with Crippen molar-refractivity contribution in [3.05, 3.63) is 63.8 Å². The van der Waals surface area contributed by atoms with Crippen LogP contribution in [-0.4, -0.2) is 25.6 Å². The zero-order chi connectivity index (χ0) is 20.0. The summed E-state index contributed by atoms with van der Waals surface area (Å²) in [5.74, 6) is -1.11. The number of hydrogen-bond donors (Lipinski definition) is 1. The van der Waals surface area contributed by atoms with Gasteiger partial charge < -0.3 is 24.7 Å². The molecule has 0 spiro atoms. The third-order valence-electron chi connectivity index (χ3n) is 3.68. The smallest absolute Gasteiger partial charge is 0.262 e. The molecule has 2 aromatic carbocycles. The van der Waals surface area contributed by atoms with E-state index in [1.165, 1.54) is 13.2 Å². The van der Waals surface area contributed by atoms with Crippen LogP contribution < -0.4 is 19.9 Å². The van der Waals surface area contributed by atoms with E-state index >= 15 is 0 Å². The molecule has 0 bridgehead atoms. The Morgan fingerprint density at radius 1 is 1.15 bits per heavy atom. The molecule has 1 amide bonds. The minimum atomic E-state index is -1.51. The molecule has 0 aliphatic carbocycles. The fraction of sp³-hybridized carbons (Fsp3) is 0.200. The monoisotopic (exact) mass is 388 g/mol. The van der Waals surface area contributed by atoms with Gasteiger partial charge in [0, 0.05) is 5.02 Å². The maximum atomic E-state index is 12.1. The summed E-state index contributed by atoms with van der Waals surface area (Å²) in [6, 6.07) is 10.1. The lowest BCUT2D eigenvalue weighted by atomic mass is 10.1. The number of carbonyl (C=O) groups is 2. The van der Waals surface area contributed by atoms with Gasteiger partial charge in [-0.1, -0.05) is 23.7 Å². The lowest BCUT2D eigenvalue weighted by Crippen LogP contribution is -2.37. The standard InChI is InChI=1S/C20H20ClNO5/c1-12-7-16(8-13(2)19(12)21)27-11-18(23)22-17(20(24)25)10-14-5-4-6-15(9-14)26-3/h4-10H,11H2,1-3H3,(H,22,23)(H,24,25)/p-1/b17-10+. The third kappa shape index (κ3) is 5.76. The fourth-order valence-electron chi connectivity index (χ4n) is 2.37. The molecule has 0 aromatic heterocycles. The van der Waals surface area contributed by atoms with Crippen molar-refractivity contribution in [1.29, 1.82) is 0 Å². The minimum absolute atomic E-state index is 0.358. The summed E-state index contributed by atoms with van der Waals surface area (Å²) >= 11 is 6.09. The van der Waals surface area contributed by atoms with Crippen LogP contribution in [-0.2, 0) is 9.59 Å². The molecule has 6 nitrogen and oxygen atoms in total. The van der Waals surface area contributed by atoms with E-state index in [1.54, 1.807) is 36.4 Å². The van der Waals surface area contributed by atoms with E-state index in [2.05, 4.69) is 5.32 Å². The van der Waals surface area contributed by atoms with Gasteiger partial charge in [-0.15, -0.1) is 0 Å². The Hall–Kier alpha value is -2.99. The van der Waals surface area contributed by atoms with E-state index in [-0.39, 0.29) is 12.3 Å². The molecule has 142 valence electrons. The van der Waals surface area contributed by atoms with E-state index < -0.39 is 11.9 Å². The summed E-state index contributed by atoms with van der Waals surface area (Å²) in [6.45, 7) is 3.30. The Balaban J connectivity index is 2.07. The Kier molecular flexibility index (Phi) is 6.85. The zero-order valence-corrected chi connectivity index (χ0v) is 15.9. The van der Waals surface area contributed by atoms with Crippen molar-refractivity contribution in [3.8, 4) is 11.5 Å². The highest BCUT2D eigenvalue weighted by atomic mass is 35.5. The largest absolute Gasteiger partial charge is 0.543 e. The number of aryl methyl sites for hydroxylation is 2. The highest BCUT2D eigenvalue weighted by Gasteiger charge is 2.09. The van der Waals surface area contributed by atoms with Gasteiger partial charge in [0.2, 0.25) is 0 Å². The second kappa shape index (κ2) is 9.09. The molecule has 0 saturated heterocycles. The summed E-state index contributed by atoms with van der Waals surface area (Å²) in [6.07, 6.45) is 1.28. The molecular weight excluding hydrogens is 370 g/mol. The summed E-state index contributed by atoms with van der Waals surface area (Å²) in [5, 5.41) is 14.2. The summed E-state index contributed by atoms with van der Waals surface area (Å²) in [4.78, 5) is 23.4. The summed E-state index contributed by atoms with van der Waals surface area (Å²) in [5.41, 5.74) is 1.81. The van der Waals surface area contributed by atoms with Crippen LogP contribution in [0.2, 0.25) is 5.02 Å². The molecule has 0 fully saturated rings.